The van der Waals surface area contributed by atoms with Crippen molar-refractivity contribution >= 4 is 67.1 Å². The van der Waals surface area contributed by atoms with Gasteiger partial charge >= 0.3 is 0 Å². The van der Waals surface area contributed by atoms with Gasteiger partial charge in [0.05, 0.1) is 22.6 Å². The first-order valence-electron chi connectivity index (χ1n) is 10.6. The molecule has 1 amide bonds. The topological polar surface area (TPSA) is 138 Å². The van der Waals surface area contributed by atoms with Gasteiger partial charge in [0, 0.05) is 22.2 Å². The molecule has 4 aromatic rings. The lowest BCUT2D eigenvalue weighted by atomic mass is 10.0. The zero-order valence-electron chi connectivity index (χ0n) is 19.4. The van der Waals surface area contributed by atoms with E-state index in [1.54, 1.807) is 43.3 Å². The molecule has 12 heteroatoms. The van der Waals surface area contributed by atoms with E-state index in [2.05, 4.69) is 15.5 Å². The summed E-state index contributed by atoms with van der Waals surface area (Å²) in [5.41, 5.74) is 0.483. The predicted octanol–water partition coefficient (Wildman–Crippen LogP) is 7.08. The molecule has 0 unspecified atom stereocenters. The van der Waals surface area contributed by atoms with Crippen LogP contribution in [0.25, 0.3) is 10.8 Å². The molecule has 0 spiro atoms. The average molecular weight is 560 g/mol. The van der Waals surface area contributed by atoms with Crippen LogP contribution in [0.1, 0.15) is 15.9 Å². The van der Waals surface area contributed by atoms with Crippen LogP contribution in [-0.2, 0) is 10.1 Å². The molecule has 9 nitrogen and oxygen atoms in total. The normalized spacial score (nSPS) is 11.7. The Bertz CT molecular complexity index is 1690. The van der Waals surface area contributed by atoms with Gasteiger partial charge in [0.15, 0.2) is 5.75 Å². The van der Waals surface area contributed by atoms with Crippen LogP contribution in [0.5, 0.6) is 11.5 Å². The van der Waals surface area contributed by atoms with Gasteiger partial charge in [-0.1, -0.05) is 47.5 Å². The molecule has 4 aromatic carbocycles. The van der Waals surface area contributed by atoms with Crippen LogP contribution in [-0.4, -0.2) is 31.1 Å². The van der Waals surface area contributed by atoms with Crippen LogP contribution in [0.15, 0.2) is 75.8 Å². The number of aromatic hydroxyl groups is 1. The zero-order valence-corrected chi connectivity index (χ0v) is 21.7. The number of hydrogen-bond acceptors (Lipinski definition) is 7. The molecule has 0 bridgehead atoms. The van der Waals surface area contributed by atoms with E-state index in [9.17, 15) is 22.9 Å². The fraction of sp³-hybridized carbons (Fsp3) is 0.0800. The summed E-state index contributed by atoms with van der Waals surface area (Å²) in [7, 11) is -3.07. The Morgan fingerprint density at radius 3 is 2.46 bits per heavy atom. The van der Waals surface area contributed by atoms with E-state index in [4.69, 9.17) is 27.9 Å². The molecule has 0 aliphatic heterocycles. The van der Waals surface area contributed by atoms with Crippen molar-refractivity contribution in [3.63, 3.8) is 0 Å². The molecule has 37 heavy (non-hydrogen) atoms. The van der Waals surface area contributed by atoms with Crippen molar-refractivity contribution in [3.05, 3.63) is 81.8 Å². The standard InChI is InChI=1S/C25H19Cl2N3O6S/c1-13-7-18(37(33,34)35)12-21(22(13)27)29-30-23-19-6-4-3-5-14(19)8-20(24(23)31)25(32)28-16-9-15(26)10-17(11-16)36-2/h3-12,31H,1-2H3,(H,28,32)(H,33,34,35). The van der Waals surface area contributed by atoms with E-state index in [1.807, 2.05) is 0 Å². The minimum Gasteiger partial charge on any atom is -0.505 e. The number of rotatable bonds is 6. The molecule has 4 rings (SSSR count). The number of benzene rings is 4. The quantitative estimate of drug-likeness (QED) is 0.170. The molecular formula is C25H19Cl2N3O6S. The number of amides is 1. The highest BCUT2D eigenvalue weighted by atomic mass is 35.5. The number of halogens is 2. The number of methoxy groups -OCH3 is 1. The Morgan fingerprint density at radius 1 is 1.03 bits per heavy atom. The van der Waals surface area contributed by atoms with Gasteiger partial charge in [-0.2, -0.15) is 8.42 Å². The van der Waals surface area contributed by atoms with Crippen LogP contribution in [0.4, 0.5) is 17.1 Å². The molecule has 190 valence electrons. The fourth-order valence-corrected chi connectivity index (χ4v) is 4.55. The van der Waals surface area contributed by atoms with E-state index in [1.165, 1.54) is 25.3 Å². The first-order valence-corrected chi connectivity index (χ1v) is 12.8. The third kappa shape index (κ3) is 5.67. The van der Waals surface area contributed by atoms with Crippen molar-refractivity contribution in [1.29, 1.82) is 0 Å². The molecule has 0 aliphatic rings. The van der Waals surface area contributed by atoms with Crippen molar-refractivity contribution in [1.82, 2.24) is 0 Å². The summed E-state index contributed by atoms with van der Waals surface area (Å²) < 4.78 is 37.8. The summed E-state index contributed by atoms with van der Waals surface area (Å²) in [6.07, 6.45) is 0. The Hall–Kier alpha value is -3.70. The molecule has 3 N–H and O–H groups in total. The predicted molar refractivity (Wildman–Crippen MR) is 142 cm³/mol. The largest absolute Gasteiger partial charge is 0.505 e. The van der Waals surface area contributed by atoms with E-state index in [-0.39, 0.29) is 22.0 Å². The van der Waals surface area contributed by atoms with Crippen LogP contribution < -0.4 is 10.1 Å². The molecule has 0 saturated carbocycles. The Morgan fingerprint density at radius 2 is 1.76 bits per heavy atom. The van der Waals surface area contributed by atoms with Crippen molar-refractivity contribution < 1.29 is 27.6 Å². The van der Waals surface area contributed by atoms with Gasteiger partial charge in [-0.05, 0) is 48.2 Å². The molecule has 0 aliphatic carbocycles. The molecule has 0 fully saturated rings. The second-order valence-electron chi connectivity index (χ2n) is 7.92. The number of ether oxygens (including phenoxy) is 1. The van der Waals surface area contributed by atoms with E-state index in [0.717, 1.165) is 6.07 Å². The highest BCUT2D eigenvalue weighted by molar-refractivity contribution is 7.85. The van der Waals surface area contributed by atoms with Crippen LogP contribution in [0.3, 0.4) is 0 Å². The maximum atomic E-state index is 13.1. The first-order chi connectivity index (χ1) is 17.5. The maximum absolute atomic E-state index is 13.1. The summed E-state index contributed by atoms with van der Waals surface area (Å²) in [5.74, 6) is -0.682. The molecule has 0 heterocycles. The first kappa shape index (κ1) is 26.4. The van der Waals surface area contributed by atoms with Crippen molar-refractivity contribution in [2.45, 2.75) is 11.8 Å². The molecule has 0 aromatic heterocycles. The number of phenolic OH excluding ortho intramolecular Hbond substituents is 1. The molecule has 0 atom stereocenters. The number of carbonyl (C=O) groups excluding carboxylic acids is 1. The molecule has 0 saturated heterocycles. The van der Waals surface area contributed by atoms with Crippen molar-refractivity contribution in [3.8, 4) is 11.5 Å². The van der Waals surface area contributed by atoms with E-state index < -0.39 is 26.7 Å². The lowest BCUT2D eigenvalue weighted by molar-refractivity contribution is 0.102. The van der Waals surface area contributed by atoms with Gasteiger partial charge in [-0.15, -0.1) is 10.2 Å². The summed E-state index contributed by atoms with van der Waals surface area (Å²) in [6, 6.07) is 15.3. The van der Waals surface area contributed by atoms with Gasteiger partial charge < -0.3 is 15.2 Å². The summed E-state index contributed by atoms with van der Waals surface area (Å²) in [5, 5.41) is 23.4. The lowest BCUT2D eigenvalue weighted by Crippen LogP contribution is -2.12. The number of hydrogen-bond donors (Lipinski definition) is 3. The van der Waals surface area contributed by atoms with Gasteiger partial charge in [0.25, 0.3) is 16.0 Å². The fourth-order valence-electron chi connectivity index (χ4n) is 3.59. The smallest absolute Gasteiger partial charge is 0.294 e. The number of azo groups is 1. The lowest BCUT2D eigenvalue weighted by Gasteiger charge is -2.12. The van der Waals surface area contributed by atoms with E-state index >= 15 is 0 Å². The number of fused-ring (bicyclic) bond motifs is 1. The Labute approximate surface area is 222 Å². The second kappa shape index (κ2) is 10.3. The van der Waals surface area contributed by atoms with E-state index in [0.29, 0.717) is 32.8 Å². The van der Waals surface area contributed by atoms with Gasteiger partial charge in [-0.25, -0.2) is 0 Å². The minimum atomic E-state index is -4.53. The summed E-state index contributed by atoms with van der Waals surface area (Å²) in [6.45, 7) is 1.54. The third-order valence-electron chi connectivity index (χ3n) is 5.37. The number of phenols is 1. The van der Waals surface area contributed by atoms with Gasteiger partial charge in [0.1, 0.15) is 17.1 Å². The zero-order chi connectivity index (χ0) is 26.9. The van der Waals surface area contributed by atoms with Gasteiger partial charge in [0.2, 0.25) is 0 Å². The Kier molecular flexibility index (Phi) is 7.37. The number of carbonyl (C=O) groups is 1. The van der Waals surface area contributed by atoms with Crippen molar-refractivity contribution in [2.24, 2.45) is 10.2 Å². The number of nitrogens with one attached hydrogen (secondary N) is 1. The Balaban J connectivity index is 1.81. The van der Waals surface area contributed by atoms with Crippen molar-refractivity contribution in [2.75, 3.05) is 12.4 Å². The van der Waals surface area contributed by atoms with Crippen LogP contribution in [0, 0.1) is 6.92 Å². The highest BCUT2D eigenvalue weighted by Crippen LogP contribution is 2.41. The summed E-state index contributed by atoms with van der Waals surface area (Å²) >= 11 is 12.4. The monoisotopic (exact) mass is 559 g/mol. The number of anilines is 1. The van der Waals surface area contributed by atoms with Crippen LogP contribution >= 0.6 is 23.2 Å². The summed E-state index contributed by atoms with van der Waals surface area (Å²) in [4.78, 5) is 12.7. The maximum Gasteiger partial charge on any atom is 0.294 e. The molecule has 0 radical (unpaired) electrons. The second-order valence-corrected chi connectivity index (χ2v) is 10.2. The average Bonchev–Trinajstić information content (AvgIpc) is 2.84. The highest BCUT2D eigenvalue weighted by Gasteiger charge is 2.20. The SMILES string of the molecule is COc1cc(Cl)cc(NC(=O)c2cc3ccccc3c(N=Nc3cc(S(=O)(=O)O)cc(C)c3Cl)c2O)c1. The number of nitrogens with zero attached hydrogens (tertiary/aromatic N) is 2. The molecular weight excluding hydrogens is 541 g/mol. The van der Waals surface area contributed by atoms with Crippen LogP contribution in [0.2, 0.25) is 10.0 Å². The van der Waals surface area contributed by atoms with Gasteiger partial charge in [-0.3, -0.25) is 9.35 Å². The third-order valence-corrected chi connectivity index (χ3v) is 6.91. The number of aryl methyl sites for hydroxylation is 1. The minimum absolute atomic E-state index is 0.0436.